The number of hydrogen-bond donors (Lipinski definition) is 6. The number of fused-ring (bicyclic) bond motifs is 2. The van der Waals surface area contributed by atoms with E-state index < -0.39 is 38.7 Å². The molecule has 5 atom stereocenters. The molecule has 1 aromatic rings. The first-order valence-electron chi connectivity index (χ1n) is 10.5. The molecule has 4 unspecified atom stereocenters. The second-order valence-corrected chi connectivity index (χ2v) is 10.7. The van der Waals surface area contributed by atoms with Crippen LogP contribution in [0.1, 0.15) is 25.7 Å². The van der Waals surface area contributed by atoms with Crippen LogP contribution in [0.25, 0.3) is 0 Å². The Morgan fingerprint density at radius 2 is 2.10 bits per heavy atom. The van der Waals surface area contributed by atoms with E-state index in [1.165, 1.54) is 7.57 Å². The first-order chi connectivity index (χ1) is 14.8. The summed E-state index contributed by atoms with van der Waals surface area (Å²) in [6.45, 7) is 1.54. The van der Waals surface area contributed by atoms with Crippen molar-refractivity contribution in [2.75, 3.05) is 35.6 Å². The quantitative estimate of drug-likeness (QED) is 0.115. The molecular formula is C16H30BClN7O5P. The fourth-order valence-electron chi connectivity index (χ4n) is 4.12. The summed E-state index contributed by atoms with van der Waals surface area (Å²) in [7, 11) is -1.78. The molecule has 2 saturated heterocycles. The van der Waals surface area contributed by atoms with Gasteiger partial charge in [-0.1, -0.05) is 0 Å². The number of nitrogens with one attached hydrogen (secondary N) is 2. The molecule has 2 fully saturated rings. The Bertz CT molecular complexity index is 799. The number of halogens is 1. The summed E-state index contributed by atoms with van der Waals surface area (Å²) in [6.07, 6.45) is 0.509. The first kappa shape index (κ1) is 23.2. The second-order valence-electron chi connectivity index (χ2n) is 8.03. The minimum absolute atomic E-state index is 0.00897. The molecule has 12 nitrogen and oxygen atoms in total. The third kappa shape index (κ3) is 4.85. The number of nitrogens with two attached hydrogens (primary N) is 2. The molecule has 1 aromatic heterocycles. The van der Waals surface area contributed by atoms with Crippen LogP contribution in [-0.4, -0.2) is 78.1 Å². The van der Waals surface area contributed by atoms with Crippen LogP contribution < -0.4 is 27.0 Å². The third-order valence-corrected chi connectivity index (χ3v) is 7.20. The standard InChI is InChI=1S/C16H30BClN7O5P/c17-31(27)28-7-8-11(30-31)10(26)14(29-8)25-13-9(12(20)23-15(18)24-13)22-16(25)21-6-4-2-1-3-5-19/h8,10-11,14,16,21-22,26-27,31H,1-7,17,19H2,(H2,20,23,24)/t8?,10?,11-,14?,16?/m1/s1. The molecule has 174 valence electrons. The summed E-state index contributed by atoms with van der Waals surface area (Å²) < 4.78 is 17.1. The van der Waals surface area contributed by atoms with Gasteiger partial charge in [0.15, 0.2) is 0 Å². The van der Waals surface area contributed by atoms with Gasteiger partial charge in [-0.3, -0.25) is 0 Å². The zero-order valence-electron chi connectivity index (χ0n) is 17.3. The van der Waals surface area contributed by atoms with Crippen molar-refractivity contribution in [3.63, 3.8) is 0 Å². The number of unbranched alkanes of at least 4 members (excludes halogenated alkanes) is 3. The Labute approximate surface area is 186 Å². The van der Waals surface area contributed by atoms with Crippen LogP contribution in [-0.2, 0) is 13.8 Å². The Hall–Kier alpha value is -1.02. The van der Waals surface area contributed by atoms with E-state index in [4.69, 9.17) is 36.9 Å². The van der Waals surface area contributed by atoms with Crippen molar-refractivity contribution in [1.29, 1.82) is 0 Å². The molecule has 0 spiro atoms. The molecule has 0 bridgehead atoms. The maximum atomic E-state index is 11.0. The molecule has 3 aliphatic heterocycles. The predicted molar refractivity (Wildman–Crippen MR) is 121 cm³/mol. The Kier molecular flexibility index (Phi) is 7.07. The van der Waals surface area contributed by atoms with Gasteiger partial charge in [0, 0.05) is 0 Å². The fourth-order valence-corrected chi connectivity index (χ4v) is 5.63. The average molecular weight is 478 g/mol. The number of rotatable bonds is 8. The van der Waals surface area contributed by atoms with Crippen molar-refractivity contribution in [3.05, 3.63) is 5.28 Å². The molecule has 4 heterocycles. The van der Waals surface area contributed by atoms with Gasteiger partial charge in [0.1, 0.15) is 0 Å². The van der Waals surface area contributed by atoms with E-state index in [0.717, 1.165) is 25.7 Å². The van der Waals surface area contributed by atoms with E-state index >= 15 is 0 Å². The van der Waals surface area contributed by atoms with Gasteiger partial charge >= 0.3 is 174 Å². The van der Waals surface area contributed by atoms with Gasteiger partial charge in [-0.05, 0) is 6.54 Å². The molecule has 0 amide bonds. The normalized spacial score (nSPS) is 32.4. The monoisotopic (exact) mass is 477 g/mol. The summed E-state index contributed by atoms with van der Waals surface area (Å²) in [6, 6.07) is 0. The predicted octanol–water partition coefficient (Wildman–Crippen LogP) is -1.13. The summed E-state index contributed by atoms with van der Waals surface area (Å²) in [5, 5.41) is 17.7. The van der Waals surface area contributed by atoms with E-state index in [1.54, 1.807) is 4.90 Å². The zero-order chi connectivity index (χ0) is 22.2. The molecule has 0 radical (unpaired) electrons. The number of aliphatic hydroxyl groups is 1. The number of nitrogen functional groups attached to an aromatic ring is 1. The second kappa shape index (κ2) is 9.46. The molecule has 0 saturated carbocycles. The van der Waals surface area contributed by atoms with Gasteiger partial charge in [-0.25, -0.2) is 0 Å². The van der Waals surface area contributed by atoms with Gasteiger partial charge in [-0.15, -0.1) is 0 Å². The van der Waals surface area contributed by atoms with Crippen LogP contribution in [0.15, 0.2) is 0 Å². The fraction of sp³-hybridized carbons (Fsp3) is 0.750. The van der Waals surface area contributed by atoms with Crippen LogP contribution in [0, 0.1) is 0 Å². The van der Waals surface area contributed by atoms with E-state index in [9.17, 15) is 10.00 Å². The molecule has 3 aliphatic rings. The Morgan fingerprint density at radius 1 is 1.32 bits per heavy atom. The van der Waals surface area contributed by atoms with Crippen molar-refractivity contribution >= 4 is 44.3 Å². The summed E-state index contributed by atoms with van der Waals surface area (Å²) in [4.78, 5) is 20.3. The van der Waals surface area contributed by atoms with E-state index in [-0.39, 0.29) is 17.7 Å². The topological polar surface area (TPSA) is 173 Å². The molecule has 15 heteroatoms. The van der Waals surface area contributed by atoms with E-state index in [0.29, 0.717) is 24.6 Å². The van der Waals surface area contributed by atoms with Crippen molar-refractivity contribution in [3.8, 4) is 0 Å². The molecular weight excluding hydrogens is 447 g/mol. The van der Waals surface area contributed by atoms with Crippen LogP contribution in [0.3, 0.4) is 0 Å². The van der Waals surface area contributed by atoms with Crippen molar-refractivity contribution in [1.82, 2.24) is 15.3 Å². The van der Waals surface area contributed by atoms with Crippen LogP contribution >= 0.6 is 19.4 Å². The van der Waals surface area contributed by atoms with Crippen molar-refractivity contribution in [2.24, 2.45) is 5.73 Å². The SMILES string of the molecule is B[PH]1(O)OCC2OC(N3c4nc(Cl)nc(N)c4NC3NCCCCCCN)C(O)[C@@H]2O1. The number of hydrogen-bond acceptors (Lipinski definition) is 12. The van der Waals surface area contributed by atoms with Crippen molar-refractivity contribution in [2.45, 2.75) is 56.5 Å². The molecule has 0 aromatic carbocycles. The van der Waals surface area contributed by atoms with Crippen LogP contribution in [0.5, 0.6) is 0 Å². The van der Waals surface area contributed by atoms with Crippen LogP contribution in [0.2, 0.25) is 5.28 Å². The number of ether oxygens (including phenoxy) is 1. The first-order valence-corrected chi connectivity index (χ1v) is 13.1. The van der Waals surface area contributed by atoms with Gasteiger partial charge in [0.25, 0.3) is 0 Å². The van der Waals surface area contributed by atoms with Crippen molar-refractivity contribution < 1.29 is 23.8 Å². The van der Waals surface area contributed by atoms with Gasteiger partial charge < -0.3 is 5.73 Å². The molecule has 8 N–H and O–H groups in total. The third-order valence-electron chi connectivity index (χ3n) is 5.62. The van der Waals surface area contributed by atoms with Gasteiger partial charge in [0.05, 0.1) is 0 Å². The molecule has 31 heavy (non-hydrogen) atoms. The van der Waals surface area contributed by atoms with E-state index in [2.05, 4.69) is 20.6 Å². The molecule has 0 aliphatic carbocycles. The number of aliphatic hydroxyl groups excluding tert-OH is 1. The number of anilines is 3. The minimum atomic E-state index is -3.30. The summed E-state index contributed by atoms with van der Waals surface area (Å²) in [5.74, 6) is 0.623. The average Bonchev–Trinajstić information content (AvgIpc) is 3.21. The van der Waals surface area contributed by atoms with Crippen LogP contribution in [0.4, 0.5) is 17.3 Å². The molecule has 4 rings (SSSR count). The van der Waals surface area contributed by atoms with Gasteiger partial charge in [0.2, 0.25) is 0 Å². The summed E-state index contributed by atoms with van der Waals surface area (Å²) >= 11 is 6.06. The van der Waals surface area contributed by atoms with E-state index in [1.807, 2.05) is 0 Å². The maximum absolute atomic E-state index is 11.0. The number of aromatic nitrogens is 2. The zero-order valence-corrected chi connectivity index (χ0v) is 19.1. The Morgan fingerprint density at radius 3 is 2.87 bits per heavy atom. The summed E-state index contributed by atoms with van der Waals surface area (Å²) in [5.41, 5.74) is 12.1. The van der Waals surface area contributed by atoms with Gasteiger partial charge in [-0.2, -0.15) is 0 Å². The Balaban J connectivity index is 1.52. The number of nitrogens with zero attached hydrogens (tertiary/aromatic N) is 3.